The summed E-state index contributed by atoms with van der Waals surface area (Å²) in [4.78, 5) is 17.0. The van der Waals surface area contributed by atoms with Crippen LogP contribution in [0, 0.1) is 17.8 Å². The molecule has 2 saturated carbocycles. The van der Waals surface area contributed by atoms with Crippen molar-refractivity contribution < 1.29 is 4.79 Å². The molecule has 6 heteroatoms. The number of likely N-dealkylation sites (N-methyl/N-ethyl adjacent to an activating group) is 2. The Balaban J connectivity index is 0.00000169. The zero-order valence-corrected chi connectivity index (χ0v) is 17.5. The van der Waals surface area contributed by atoms with Crippen molar-refractivity contribution in [2.24, 2.45) is 23.5 Å². The van der Waals surface area contributed by atoms with Crippen LogP contribution in [-0.2, 0) is 4.79 Å². The van der Waals surface area contributed by atoms with E-state index in [9.17, 15) is 4.79 Å². The van der Waals surface area contributed by atoms with Crippen LogP contribution in [0.4, 0.5) is 5.69 Å². The van der Waals surface area contributed by atoms with Crippen molar-refractivity contribution >= 4 is 36.4 Å². The van der Waals surface area contributed by atoms with E-state index in [-0.39, 0.29) is 30.7 Å². The first-order valence-electron chi connectivity index (χ1n) is 9.33. The lowest BCUT2D eigenvalue weighted by Gasteiger charge is -2.44. The third-order valence-corrected chi connectivity index (χ3v) is 6.11. The number of carbonyl (C=O) groups is 1. The van der Waals surface area contributed by atoms with Gasteiger partial charge in [0, 0.05) is 44.8 Å². The normalized spacial score (nSPS) is 26.9. The average molecular weight is 402 g/mol. The minimum atomic E-state index is 0. The molecule has 2 fully saturated rings. The van der Waals surface area contributed by atoms with Gasteiger partial charge in [0.25, 0.3) is 0 Å². The molecule has 2 atom stereocenters. The first-order chi connectivity index (χ1) is 11.6. The highest BCUT2D eigenvalue weighted by Crippen LogP contribution is 2.42. The number of para-hydroxylation sites is 1. The minimum absolute atomic E-state index is 0. The van der Waals surface area contributed by atoms with Crippen LogP contribution in [0.5, 0.6) is 0 Å². The second-order valence-electron chi connectivity index (χ2n) is 7.71. The molecule has 1 amide bonds. The number of halogens is 2. The number of nitrogens with two attached hydrogens (primary N) is 1. The van der Waals surface area contributed by atoms with E-state index in [1.54, 1.807) is 0 Å². The molecule has 2 aliphatic rings. The van der Waals surface area contributed by atoms with E-state index in [1.165, 1.54) is 24.9 Å². The van der Waals surface area contributed by atoms with E-state index in [2.05, 4.69) is 24.1 Å². The van der Waals surface area contributed by atoms with Gasteiger partial charge >= 0.3 is 0 Å². The molecule has 148 valence electrons. The molecule has 0 spiro atoms. The Bertz CT molecular complexity index is 543. The third-order valence-electron chi connectivity index (χ3n) is 6.11. The standard InChI is InChI=1S/C20H31N3O.2ClH/c1-22(18-9-4-3-5-10-18)11-12-23(2)20(24)17-13-15-7-6-8-16(14-17)19(15)21;;/h3-5,9-10,15-17,19H,6-8,11-14,21H2,1-2H3;2*1H. The van der Waals surface area contributed by atoms with Crippen molar-refractivity contribution in [3.05, 3.63) is 30.3 Å². The van der Waals surface area contributed by atoms with Gasteiger partial charge in [0.15, 0.2) is 0 Å². The number of hydrogen-bond donors (Lipinski definition) is 1. The summed E-state index contributed by atoms with van der Waals surface area (Å²) >= 11 is 0. The molecule has 0 radical (unpaired) electrons. The molecule has 2 bridgehead atoms. The van der Waals surface area contributed by atoms with Gasteiger partial charge in [-0.2, -0.15) is 0 Å². The Kier molecular flexibility index (Phi) is 9.22. The number of carbonyl (C=O) groups excluding carboxylic acids is 1. The smallest absolute Gasteiger partial charge is 0.225 e. The predicted octanol–water partition coefficient (Wildman–Crippen LogP) is 3.58. The molecule has 0 aliphatic heterocycles. The summed E-state index contributed by atoms with van der Waals surface area (Å²) in [6.07, 6.45) is 5.70. The summed E-state index contributed by atoms with van der Waals surface area (Å²) < 4.78 is 0. The lowest BCUT2D eigenvalue weighted by molar-refractivity contribution is -0.137. The van der Waals surface area contributed by atoms with E-state index in [0.29, 0.717) is 23.8 Å². The SMILES string of the molecule is CN(CCN(C)c1ccccc1)C(=O)C1CC2CCCC(C1)C2N.Cl.Cl. The lowest BCUT2D eigenvalue weighted by atomic mass is 9.65. The van der Waals surface area contributed by atoms with Crippen molar-refractivity contribution in [3.63, 3.8) is 0 Å². The molecule has 2 aliphatic carbocycles. The van der Waals surface area contributed by atoms with Crippen molar-refractivity contribution in [1.82, 2.24) is 4.90 Å². The van der Waals surface area contributed by atoms with E-state index in [4.69, 9.17) is 5.73 Å². The second-order valence-corrected chi connectivity index (χ2v) is 7.71. The summed E-state index contributed by atoms with van der Waals surface area (Å²) in [6.45, 7) is 1.62. The Morgan fingerprint density at radius 2 is 1.62 bits per heavy atom. The Morgan fingerprint density at radius 1 is 1.04 bits per heavy atom. The van der Waals surface area contributed by atoms with E-state index in [1.807, 2.05) is 30.1 Å². The van der Waals surface area contributed by atoms with Crippen molar-refractivity contribution in [1.29, 1.82) is 0 Å². The van der Waals surface area contributed by atoms with Gasteiger partial charge in [-0.25, -0.2) is 0 Å². The molecule has 0 heterocycles. The fourth-order valence-electron chi connectivity index (χ4n) is 4.52. The molecule has 1 aromatic rings. The quantitative estimate of drug-likeness (QED) is 0.819. The third kappa shape index (κ3) is 5.28. The van der Waals surface area contributed by atoms with Gasteiger partial charge < -0.3 is 15.5 Å². The summed E-state index contributed by atoms with van der Waals surface area (Å²) in [5, 5.41) is 0. The van der Waals surface area contributed by atoms with E-state index >= 15 is 0 Å². The zero-order valence-electron chi connectivity index (χ0n) is 15.8. The maximum Gasteiger partial charge on any atom is 0.225 e. The largest absolute Gasteiger partial charge is 0.373 e. The predicted molar refractivity (Wildman–Crippen MR) is 113 cm³/mol. The summed E-state index contributed by atoms with van der Waals surface area (Å²) in [7, 11) is 4.03. The molecule has 0 aromatic heterocycles. The van der Waals surface area contributed by atoms with Crippen LogP contribution in [0.2, 0.25) is 0 Å². The lowest BCUT2D eigenvalue weighted by Crippen LogP contribution is -2.49. The van der Waals surface area contributed by atoms with E-state index < -0.39 is 0 Å². The first kappa shape index (κ1) is 23.1. The maximum atomic E-state index is 12.9. The Morgan fingerprint density at radius 3 is 2.19 bits per heavy atom. The minimum Gasteiger partial charge on any atom is -0.373 e. The first-order valence-corrected chi connectivity index (χ1v) is 9.33. The molecule has 4 nitrogen and oxygen atoms in total. The zero-order chi connectivity index (χ0) is 17.1. The number of rotatable bonds is 5. The van der Waals surface area contributed by atoms with Gasteiger partial charge in [0.2, 0.25) is 5.91 Å². The highest BCUT2D eigenvalue weighted by atomic mass is 35.5. The topological polar surface area (TPSA) is 49.6 Å². The van der Waals surface area contributed by atoms with Gasteiger partial charge in [-0.15, -0.1) is 24.8 Å². The fraction of sp³-hybridized carbons (Fsp3) is 0.650. The van der Waals surface area contributed by atoms with Crippen LogP contribution in [0.25, 0.3) is 0 Å². The number of benzene rings is 1. The van der Waals surface area contributed by atoms with Gasteiger partial charge in [-0.1, -0.05) is 24.6 Å². The molecule has 0 saturated heterocycles. The summed E-state index contributed by atoms with van der Waals surface area (Å²) in [6, 6.07) is 10.7. The van der Waals surface area contributed by atoms with Crippen LogP contribution in [0.3, 0.4) is 0 Å². The molecule has 26 heavy (non-hydrogen) atoms. The van der Waals surface area contributed by atoms with Crippen LogP contribution < -0.4 is 10.6 Å². The van der Waals surface area contributed by atoms with Crippen LogP contribution >= 0.6 is 24.8 Å². The van der Waals surface area contributed by atoms with Crippen LogP contribution in [0.1, 0.15) is 32.1 Å². The number of nitrogens with zero attached hydrogens (tertiary/aromatic N) is 2. The molecule has 1 aromatic carbocycles. The van der Waals surface area contributed by atoms with Crippen LogP contribution in [-0.4, -0.2) is 44.0 Å². The number of amides is 1. The fourth-order valence-corrected chi connectivity index (χ4v) is 4.52. The monoisotopic (exact) mass is 401 g/mol. The average Bonchev–Trinajstić information content (AvgIpc) is 2.59. The molecular formula is C20H33Cl2N3O. The van der Waals surface area contributed by atoms with Crippen molar-refractivity contribution in [2.45, 2.75) is 38.1 Å². The Labute approximate surface area is 170 Å². The van der Waals surface area contributed by atoms with Gasteiger partial charge in [-0.3, -0.25) is 4.79 Å². The maximum absolute atomic E-state index is 12.9. The van der Waals surface area contributed by atoms with Gasteiger partial charge in [0.1, 0.15) is 0 Å². The highest BCUT2D eigenvalue weighted by molar-refractivity contribution is 5.85. The molecule has 3 rings (SSSR count). The second kappa shape index (κ2) is 10.4. The summed E-state index contributed by atoms with van der Waals surface area (Å²) in [5.74, 6) is 1.63. The molecule has 2 N–H and O–H groups in total. The summed E-state index contributed by atoms with van der Waals surface area (Å²) in [5.41, 5.74) is 7.55. The van der Waals surface area contributed by atoms with Gasteiger partial charge in [0.05, 0.1) is 0 Å². The van der Waals surface area contributed by atoms with Gasteiger partial charge in [-0.05, 0) is 49.7 Å². The number of anilines is 1. The number of hydrogen-bond acceptors (Lipinski definition) is 3. The van der Waals surface area contributed by atoms with Crippen LogP contribution in [0.15, 0.2) is 30.3 Å². The highest BCUT2D eigenvalue weighted by Gasteiger charge is 2.41. The van der Waals surface area contributed by atoms with Crippen molar-refractivity contribution in [2.75, 3.05) is 32.1 Å². The molecule has 2 unspecified atom stereocenters. The Hall–Kier alpha value is -0.970. The van der Waals surface area contributed by atoms with Crippen molar-refractivity contribution in [3.8, 4) is 0 Å². The molecular weight excluding hydrogens is 369 g/mol. The van der Waals surface area contributed by atoms with E-state index in [0.717, 1.165) is 25.9 Å². The number of fused-ring (bicyclic) bond motifs is 2.